The second-order valence-corrected chi connectivity index (χ2v) is 8.44. The van der Waals surface area contributed by atoms with Gasteiger partial charge in [-0.1, -0.05) is 57.2 Å². The zero-order chi connectivity index (χ0) is 22.1. The van der Waals surface area contributed by atoms with Crippen LogP contribution in [0, 0.1) is 5.92 Å². The quantitative estimate of drug-likeness (QED) is 0.428. The fourth-order valence-electron chi connectivity index (χ4n) is 4.11. The second kappa shape index (κ2) is 8.30. The van der Waals surface area contributed by atoms with E-state index in [1.54, 1.807) is 10.7 Å². The third-order valence-corrected chi connectivity index (χ3v) is 5.50. The molecule has 3 heterocycles. The number of nitrogen functional groups attached to an aromatic ring is 1. The molecule has 0 bridgehead atoms. The number of hydrogen-bond acceptors (Lipinski definition) is 5. The van der Waals surface area contributed by atoms with E-state index in [4.69, 9.17) is 10.7 Å². The van der Waals surface area contributed by atoms with Gasteiger partial charge in [-0.3, -0.25) is 9.78 Å². The van der Waals surface area contributed by atoms with Gasteiger partial charge in [0.2, 0.25) is 0 Å². The summed E-state index contributed by atoms with van der Waals surface area (Å²) in [6.07, 6.45) is 4.48. The predicted octanol–water partition coefficient (Wildman–Crippen LogP) is 5.39. The molecule has 0 aliphatic rings. The van der Waals surface area contributed by atoms with Gasteiger partial charge < -0.3 is 5.73 Å². The number of nitrogens with two attached hydrogens (primary N) is 1. The first kappa shape index (κ1) is 20.7. The van der Waals surface area contributed by atoms with Crippen LogP contribution < -0.4 is 5.73 Å². The molecule has 0 aliphatic carbocycles. The number of hydrogen-bond donors (Lipinski definition) is 1. The molecule has 0 amide bonds. The van der Waals surface area contributed by atoms with Gasteiger partial charge in [-0.2, -0.15) is 9.61 Å². The molecule has 4 aromatic rings. The van der Waals surface area contributed by atoms with Crippen LogP contribution in [0.5, 0.6) is 0 Å². The second-order valence-electron chi connectivity index (χ2n) is 8.44. The Kier molecular flexibility index (Phi) is 5.55. The van der Waals surface area contributed by atoms with Crippen molar-refractivity contribution in [2.75, 3.05) is 5.73 Å². The van der Waals surface area contributed by atoms with Crippen LogP contribution in [-0.2, 0) is 0 Å². The Morgan fingerprint density at radius 3 is 2.39 bits per heavy atom. The van der Waals surface area contributed by atoms with Crippen molar-refractivity contribution >= 4 is 17.2 Å². The van der Waals surface area contributed by atoms with Crippen LogP contribution in [0.3, 0.4) is 0 Å². The van der Waals surface area contributed by atoms with Gasteiger partial charge in [-0.05, 0) is 31.2 Å². The zero-order valence-electron chi connectivity index (χ0n) is 18.3. The average molecular weight is 414 g/mol. The molecule has 1 aromatic carbocycles. The van der Waals surface area contributed by atoms with E-state index in [0.717, 1.165) is 34.5 Å². The molecular weight excluding hydrogens is 386 g/mol. The van der Waals surface area contributed by atoms with Crippen molar-refractivity contribution in [2.24, 2.45) is 5.92 Å². The average Bonchev–Trinajstić information content (AvgIpc) is 3.18. The smallest absolute Gasteiger partial charge is 0.165 e. The minimum absolute atomic E-state index is 0.0940. The van der Waals surface area contributed by atoms with E-state index in [-0.39, 0.29) is 11.7 Å². The van der Waals surface area contributed by atoms with Crippen molar-refractivity contribution in [3.05, 3.63) is 66.1 Å². The largest absolute Gasteiger partial charge is 0.383 e. The van der Waals surface area contributed by atoms with Crippen LogP contribution in [0.2, 0.25) is 0 Å². The molecule has 0 spiro atoms. The van der Waals surface area contributed by atoms with Gasteiger partial charge in [0.25, 0.3) is 0 Å². The molecule has 6 nitrogen and oxygen atoms in total. The molecule has 0 radical (unpaired) electrons. The molecule has 1 unspecified atom stereocenters. The summed E-state index contributed by atoms with van der Waals surface area (Å²) in [4.78, 5) is 21.9. The lowest BCUT2D eigenvalue weighted by molar-refractivity contribution is 0.101. The van der Waals surface area contributed by atoms with Gasteiger partial charge in [0.1, 0.15) is 5.82 Å². The van der Waals surface area contributed by atoms with Crippen molar-refractivity contribution in [3.63, 3.8) is 0 Å². The summed E-state index contributed by atoms with van der Waals surface area (Å²) < 4.78 is 1.56. The van der Waals surface area contributed by atoms with Crippen LogP contribution in [0.25, 0.3) is 28.0 Å². The molecule has 1 atom stereocenters. The molecule has 2 N–H and O–H groups in total. The molecule has 0 saturated heterocycles. The third kappa shape index (κ3) is 3.93. The maximum atomic E-state index is 12.4. The number of benzene rings is 1. The number of nitrogens with zero attached hydrogens (tertiary/aromatic N) is 4. The molecular formula is C25H27N5O. The van der Waals surface area contributed by atoms with Crippen LogP contribution >= 0.6 is 0 Å². The van der Waals surface area contributed by atoms with E-state index in [0.29, 0.717) is 22.9 Å². The standard InChI is InChI=1S/C25H27N5O/c1-15(2)12-16(3)23-22(17(4)31)24(26)30-25(29-23)20(14-28-30)19-10-11-21(27-13-19)18-8-6-5-7-9-18/h5-11,13-16H,12,26H2,1-4H3. The van der Waals surface area contributed by atoms with Crippen LogP contribution in [0.15, 0.2) is 54.9 Å². The van der Waals surface area contributed by atoms with Crippen molar-refractivity contribution in [3.8, 4) is 22.4 Å². The first-order chi connectivity index (χ1) is 14.9. The Morgan fingerprint density at radius 1 is 1.03 bits per heavy atom. The lowest BCUT2D eigenvalue weighted by atomic mass is 9.92. The zero-order valence-corrected chi connectivity index (χ0v) is 18.3. The highest BCUT2D eigenvalue weighted by Crippen LogP contribution is 2.32. The maximum absolute atomic E-state index is 12.4. The molecule has 0 fully saturated rings. The summed E-state index contributed by atoms with van der Waals surface area (Å²) in [5.41, 5.74) is 12.0. The van der Waals surface area contributed by atoms with Crippen molar-refractivity contribution < 1.29 is 4.79 Å². The molecule has 4 rings (SSSR count). The number of carbonyl (C=O) groups excluding carboxylic acids is 1. The van der Waals surface area contributed by atoms with E-state index in [1.807, 2.05) is 48.7 Å². The Balaban J connectivity index is 1.83. The fraction of sp³-hybridized carbons (Fsp3) is 0.280. The Morgan fingerprint density at radius 2 is 1.77 bits per heavy atom. The molecule has 0 saturated carbocycles. The monoisotopic (exact) mass is 413 g/mol. The number of anilines is 1. The number of rotatable bonds is 6. The number of fused-ring (bicyclic) bond motifs is 1. The van der Waals surface area contributed by atoms with E-state index in [2.05, 4.69) is 30.9 Å². The lowest BCUT2D eigenvalue weighted by Gasteiger charge is -2.18. The van der Waals surface area contributed by atoms with Crippen LogP contribution in [0.4, 0.5) is 5.82 Å². The first-order valence-corrected chi connectivity index (χ1v) is 10.6. The Hall–Kier alpha value is -3.54. The number of pyridine rings is 1. The topological polar surface area (TPSA) is 86.2 Å². The minimum Gasteiger partial charge on any atom is -0.383 e. The number of Topliss-reactive ketones (excluding diaryl/α,β-unsaturated/α-hetero) is 1. The maximum Gasteiger partial charge on any atom is 0.165 e. The fourth-order valence-corrected chi connectivity index (χ4v) is 4.11. The summed E-state index contributed by atoms with van der Waals surface area (Å²) in [5, 5.41) is 4.43. The van der Waals surface area contributed by atoms with Crippen molar-refractivity contribution in [1.29, 1.82) is 0 Å². The number of ketones is 1. The highest BCUT2D eigenvalue weighted by molar-refractivity contribution is 6.00. The summed E-state index contributed by atoms with van der Waals surface area (Å²) in [7, 11) is 0. The summed E-state index contributed by atoms with van der Waals surface area (Å²) in [6, 6.07) is 14.0. The highest BCUT2D eigenvalue weighted by atomic mass is 16.1. The number of carbonyl (C=O) groups is 1. The molecule has 6 heteroatoms. The van der Waals surface area contributed by atoms with E-state index < -0.39 is 0 Å². The predicted molar refractivity (Wildman–Crippen MR) is 124 cm³/mol. The highest BCUT2D eigenvalue weighted by Gasteiger charge is 2.24. The molecule has 158 valence electrons. The minimum atomic E-state index is -0.0940. The van der Waals surface area contributed by atoms with Crippen LogP contribution in [-0.4, -0.2) is 25.4 Å². The van der Waals surface area contributed by atoms with Gasteiger partial charge >= 0.3 is 0 Å². The van der Waals surface area contributed by atoms with Gasteiger partial charge in [0.05, 0.1) is 23.1 Å². The lowest BCUT2D eigenvalue weighted by Crippen LogP contribution is -2.15. The molecule has 0 aliphatic heterocycles. The third-order valence-electron chi connectivity index (χ3n) is 5.50. The van der Waals surface area contributed by atoms with Crippen molar-refractivity contribution in [2.45, 2.75) is 40.0 Å². The van der Waals surface area contributed by atoms with Gasteiger partial charge in [0.15, 0.2) is 11.4 Å². The normalized spacial score (nSPS) is 12.4. The van der Waals surface area contributed by atoms with Crippen molar-refractivity contribution in [1.82, 2.24) is 19.6 Å². The molecule has 31 heavy (non-hydrogen) atoms. The summed E-state index contributed by atoms with van der Waals surface area (Å²) in [5.74, 6) is 0.826. The Bertz CT molecular complexity index is 1230. The van der Waals surface area contributed by atoms with Crippen LogP contribution in [0.1, 0.15) is 56.1 Å². The number of aromatic nitrogens is 4. The van der Waals surface area contributed by atoms with E-state index in [9.17, 15) is 4.79 Å². The Labute approximate surface area is 182 Å². The van der Waals surface area contributed by atoms with E-state index >= 15 is 0 Å². The summed E-state index contributed by atoms with van der Waals surface area (Å²) >= 11 is 0. The van der Waals surface area contributed by atoms with Gasteiger partial charge in [-0.15, -0.1) is 0 Å². The SMILES string of the molecule is CC(=O)c1c(C(C)CC(C)C)nc2c(-c3ccc(-c4ccccc4)nc3)cnn2c1N. The summed E-state index contributed by atoms with van der Waals surface area (Å²) in [6.45, 7) is 7.95. The molecule has 3 aromatic heterocycles. The first-order valence-electron chi connectivity index (χ1n) is 10.6. The van der Waals surface area contributed by atoms with Gasteiger partial charge in [0, 0.05) is 22.9 Å². The van der Waals surface area contributed by atoms with Gasteiger partial charge in [-0.25, -0.2) is 4.98 Å². The van der Waals surface area contributed by atoms with E-state index in [1.165, 1.54) is 6.92 Å².